The number of nitrogens with zero attached hydrogens (tertiary/aromatic N) is 1. The van der Waals surface area contributed by atoms with Crippen LogP contribution >= 0.6 is 0 Å². The van der Waals surface area contributed by atoms with Crippen LogP contribution in [0.5, 0.6) is 5.75 Å². The van der Waals surface area contributed by atoms with E-state index < -0.39 is 0 Å². The highest BCUT2D eigenvalue weighted by Gasteiger charge is 2.21. The predicted molar refractivity (Wildman–Crippen MR) is 112 cm³/mol. The average Bonchev–Trinajstić information content (AvgIpc) is 3.14. The Balaban J connectivity index is 1.50. The van der Waals surface area contributed by atoms with Crippen LogP contribution in [-0.4, -0.2) is 40.9 Å². The second-order valence-electron chi connectivity index (χ2n) is 7.07. The number of aromatic nitrogens is 2. The molecule has 0 atom stereocenters. The van der Waals surface area contributed by atoms with Crippen molar-refractivity contribution in [3.63, 3.8) is 0 Å². The van der Waals surface area contributed by atoms with E-state index in [1.807, 2.05) is 18.2 Å². The monoisotopic (exact) mass is 389 g/mol. The first-order valence-electron chi connectivity index (χ1n) is 9.61. The number of ketones is 1. The number of carbonyl (C=O) groups is 1. The fourth-order valence-corrected chi connectivity index (χ4v) is 3.61. The molecule has 2 N–H and O–H groups in total. The van der Waals surface area contributed by atoms with Gasteiger partial charge in [0, 0.05) is 25.2 Å². The van der Waals surface area contributed by atoms with Crippen LogP contribution in [-0.2, 0) is 6.54 Å². The molecule has 0 saturated heterocycles. The molecule has 2 aromatic carbocycles. The summed E-state index contributed by atoms with van der Waals surface area (Å²) in [6.45, 7) is 2.15. The number of H-pyrrole nitrogens is 2. The normalized spacial score (nSPS) is 14.4. The molecule has 148 valence electrons. The Morgan fingerprint density at radius 1 is 1.07 bits per heavy atom. The molecule has 0 fully saturated rings. The van der Waals surface area contributed by atoms with E-state index in [-0.39, 0.29) is 11.5 Å². The summed E-state index contributed by atoms with van der Waals surface area (Å²) in [6, 6.07) is 17.2. The van der Waals surface area contributed by atoms with Gasteiger partial charge in [-0.1, -0.05) is 36.4 Å². The average molecular weight is 389 g/mol. The summed E-state index contributed by atoms with van der Waals surface area (Å²) in [7, 11) is 1.58. The van der Waals surface area contributed by atoms with E-state index in [1.54, 1.807) is 31.4 Å². The molecule has 0 bridgehead atoms. The lowest BCUT2D eigenvalue weighted by molar-refractivity contribution is 0.103. The van der Waals surface area contributed by atoms with Gasteiger partial charge in [-0.05, 0) is 41.8 Å². The van der Waals surface area contributed by atoms with Crippen LogP contribution < -0.4 is 10.4 Å². The number of nitrogens with one attached hydrogen (secondary N) is 2. The smallest absolute Gasteiger partial charge is 0.323 e. The summed E-state index contributed by atoms with van der Waals surface area (Å²) in [6.07, 6.45) is 3.15. The van der Waals surface area contributed by atoms with Gasteiger partial charge >= 0.3 is 5.69 Å². The van der Waals surface area contributed by atoms with Crippen LogP contribution in [0.1, 0.15) is 33.7 Å². The Bertz CT molecular complexity index is 1080. The predicted octanol–water partition coefficient (Wildman–Crippen LogP) is 3.23. The zero-order valence-electron chi connectivity index (χ0n) is 16.3. The van der Waals surface area contributed by atoms with Gasteiger partial charge in [-0.3, -0.25) is 9.69 Å². The molecule has 0 aliphatic carbocycles. The van der Waals surface area contributed by atoms with Crippen LogP contribution in [0.25, 0.3) is 5.57 Å². The molecule has 2 heterocycles. The van der Waals surface area contributed by atoms with E-state index in [9.17, 15) is 9.59 Å². The van der Waals surface area contributed by atoms with Gasteiger partial charge in [-0.15, -0.1) is 0 Å². The zero-order chi connectivity index (χ0) is 20.2. The standard InChI is InChI=1S/C23H23N3O3/c1-29-19-9-7-18(8-10-19)22(27)21-20(24-23(28)25-21)15-26-13-11-17(12-14-26)16-5-3-2-4-6-16/h2-11H,12-15H2,1H3,(H2,24,25,28). The van der Waals surface area contributed by atoms with Gasteiger partial charge in [0.25, 0.3) is 0 Å². The Kier molecular flexibility index (Phi) is 5.44. The Hall–Kier alpha value is -3.38. The highest BCUT2D eigenvalue weighted by Crippen LogP contribution is 2.23. The highest BCUT2D eigenvalue weighted by molar-refractivity contribution is 6.08. The van der Waals surface area contributed by atoms with E-state index in [1.165, 1.54) is 11.1 Å². The lowest BCUT2D eigenvalue weighted by Crippen LogP contribution is -2.29. The molecule has 6 nitrogen and oxygen atoms in total. The molecule has 0 spiro atoms. The number of aromatic amines is 2. The minimum absolute atomic E-state index is 0.210. The van der Waals surface area contributed by atoms with Crippen molar-refractivity contribution < 1.29 is 9.53 Å². The second-order valence-corrected chi connectivity index (χ2v) is 7.07. The molecule has 29 heavy (non-hydrogen) atoms. The molecular formula is C23H23N3O3. The molecule has 4 rings (SSSR count). The molecule has 1 aliphatic rings. The molecule has 0 saturated carbocycles. The number of imidazole rings is 1. The number of methoxy groups -OCH3 is 1. The number of benzene rings is 2. The van der Waals surface area contributed by atoms with Gasteiger partial charge in [0.1, 0.15) is 11.4 Å². The third kappa shape index (κ3) is 4.22. The summed E-state index contributed by atoms with van der Waals surface area (Å²) >= 11 is 0. The highest BCUT2D eigenvalue weighted by atomic mass is 16.5. The van der Waals surface area contributed by atoms with Crippen molar-refractivity contribution in [3.8, 4) is 5.75 Å². The summed E-state index contributed by atoms with van der Waals surface area (Å²) in [5, 5.41) is 0. The van der Waals surface area contributed by atoms with Crippen LogP contribution in [0.15, 0.2) is 65.5 Å². The van der Waals surface area contributed by atoms with Crippen molar-refractivity contribution in [3.05, 3.63) is 93.7 Å². The largest absolute Gasteiger partial charge is 0.497 e. The molecule has 0 unspecified atom stereocenters. The second kappa shape index (κ2) is 8.32. The Morgan fingerprint density at radius 3 is 2.48 bits per heavy atom. The lowest BCUT2D eigenvalue weighted by Gasteiger charge is -2.26. The summed E-state index contributed by atoms with van der Waals surface area (Å²) in [5.41, 5.74) is 3.66. The molecule has 0 amide bonds. The third-order valence-corrected chi connectivity index (χ3v) is 5.20. The fourth-order valence-electron chi connectivity index (χ4n) is 3.61. The minimum Gasteiger partial charge on any atom is -0.497 e. The number of carbonyl (C=O) groups excluding carboxylic acids is 1. The number of ether oxygens (including phenoxy) is 1. The maximum Gasteiger partial charge on any atom is 0.323 e. The van der Waals surface area contributed by atoms with Gasteiger partial charge in [-0.2, -0.15) is 0 Å². The summed E-state index contributed by atoms with van der Waals surface area (Å²) in [4.78, 5) is 32.5. The fraction of sp³-hybridized carbons (Fsp3) is 0.217. The quantitative estimate of drug-likeness (QED) is 0.635. The first-order chi connectivity index (χ1) is 14.1. The SMILES string of the molecule is COc1ccc(C(=O)c2[nH]c(=O)[nH]c2CN2CC=C(c3ccccc3)CC2)cc1. The Labute approximate surface area is 168 Å². The Morgan fingerprint density at radius 2 is 1.83 bits per heavy atom. The van der Waals surface area contributed by atoms with Crippen molar-refractivity contribution in [2.75, 3.05) is 20.2 Å². The number of hydrogen-bond donors (Lipinski definition) is 2. The minimum atomic E-state index is -0.366. The van der Waals surface area contributed by atoms with Crippen molar-refractivity contribution in [2.24, 2.45) is 0 Å². The molecule has 3 aromatic rings. The number of rotatable bonds is 6. The van der Waals surface area contributed by atoms with Gasteiger partial charge in [0.05, 0.1) is 12.8 Å². The van der Waals surface area contributed by atoms with Crippen LogP contribution in [0, 0.1) is 0 Å². The van der Waals surface area contributed by atoms with Crippen molar-refractivity contribution >= 4 is 11.4 Å². The molecule has 1 aliphatic heterocycles. The van der Waals surface area contributed by atoms with Crippen LogP contribution in [0.3, 0.4) is 0 Å². The van der Waals surface area contributed by atoms with E-state index in [2.05, 4.69) is 33.1 Å². The maximum atomic E-state index is 12.9. The molecular weight excluding hydrogens is 366 g/mol. The van der Waals surface area contributed by atoms with E-state index in [0.29, 0.717) is 29.2 Å². The first-order valence-corrected chi connectivity index (χ1v) is 9.61. The van der Waals surface area contributed by atoms with Crippen molar-refractivity contribution in [1.82, 2.24) is 14.9 Å². The molecule has 1 aromatic heterocycles. The van der Waals surface area contributed by atoms with Gasteiger partial charge in [0.15, 0.2) is 0 Å². The van der Waals surface area contributed by atoms with Crippen LogP contribution in [0.4, 0.5) is 0 Å². The summed E-state index contributed by atoms with van der Waals surface area (Å²) < 4.78 is 5.14. The van der Waals surface area contributed by atoms with Crippen molar-refractivity contribution in [2.45, 2.75) is 13.0 Å². The zero-order valence-corrected chi connectivity index (χ0v) is 16.3. The lowest BCUT2D eigenvalue weighted by atomic mass is 9.99. The van der Waals surface area contributed by atoms with Gasteiger partial charge in [-0.25, -0.2) is 4.79 Å². The first kappa shape index (κ1) is 19.0. The topological polar surface area (TPSA) is 78.2 Å². The maximum absolute atomic E-state index is 12.9. The third-order valence-electron chi connectivity index (χ3n) is 5.20. The molecule has 0 radical (unpaired) electrons. The van der Waals surface area contributed by atoms with E-state index >= 15 is 0 Å². The number of hydrogen-bond acceptors (Lipinski definition) is 4. The molecule has 6 heteroatoms. The summed E-state index contributed by atoms with van der Waals surface area (Å²) in [5.74, 6) is 0.470. The van der Waals surface area contributed by atoms with Gasteiger partial charge < -0.3 is 14.7 Å². The van der Waals surface area contributed by atoms with E-state index in [4.69, 9.17) is 4.74 Å². The van der Waals surface area contributed by atoms with Crippen LogP contribution in [0.2, 0.25) is 0 Å². The van der Waals surface area contributed by atoms with Crippen molar-refractivity contribution in [1.29, 1.82) is 0 Å². The van der Waals surface area contributed by atoms with E-state index in [0.717, 1.165) is 19.5 Å². The van der Waals surface area contributed by atoms with Gasteiger partial charge in [0.2, 0.25) is 5.78 Å².